The highest BCUT2D eigenvalue weighted by Gasteiger charge is 2.14. The first kappa shape index (κ1) is 17.7. The number of pyridine rings is 1. The van der Waals surface area contributed by atoms with Gasteiger partial charge in [-0.05, 0) is 30.7 Å². The van der Waals surface area contributed by atoms with Crippen LogP contribution in [0.4, 0.5) is 10.5 Å². The molecule has 0 saturated heterocycles. The summed E-state index contributed by atoms with van der Waals surface area (Å²) in [5.41, 5.74) is 1.57. The fourth-order valence-electron chi connectivity index (χ4n) is 2.12. The van der Waals surface area contributed by atoms with Gasteiger partial charge in [-0.15, -0.1) is 0 Å². The highest BCUT2D eigenvalue weighted by atomic mass is 35.5. The molecule has 126 valence electrons. The fraction of sp³-hybridized carbons (Fsp3) is 0.235. The van der Waals surface area contributed by atoms with Crippen molar-refractivity contribution in [2.45, 2.75) is 13.0 Å². The Bertz CT molecular complexity index is 749. The molecule has 2 aromatic rings. The van der Waals surface area contributed by atoms with Crippen LogP contribution in [0.3, 0.4) is 0 Å². The molecule has 0 bridgehead atoms. The molecule has 0 aliphatic rings. The van der Waals surface area contributed by atoms with Gasteiger partial charge in [0.25, 0.3) is 5.91 Å². The van der Waals surface area contributed by atoms with Crippen molar-refractivity contribution in [2.75, 3.05) is 19.4 Å². The largest absolute Gasteiger partial charge is 0.343 e. The molecule has 1 aromatic heterocycles. The number of anilines is 1. The molecule has 0 aliphatic carbocycles. The number of urea groups is 1. The zero-order chi connectivity index (χ0) is 17.7. The predicted octanol–water partition coefficient (Wildman–Crippen LogP) is 3.32. The number of carbonyl (C=O) groups is 2. The molecule has 0 fully saturated rings. The van der Waals surface area contributed by atoms with E-state index in [0.717, 1.165) is 5.56 Å². The van der Waals surface area contributed by atoms with Gasteiger partial charge in [-0.2, -0.15) is 0 Å². The Morgan fingerprint density at radius 2 is 1.92 bits per heavy atom. The van der Waals surface area contributed by atoms with Gasteiger partial charge in [-0.1, -0.05) is 29.8 Å². The molecule has 0 saturated carbocycles. The van der Waals surface area contributed by atoms with Crippen LogP contribution in [-0.4, -0.2) is 35.9 Å². The fourth-order valence-corrected chi connectivity index (χ4v) is 2.42. The molecule has 1 atom stereocenters. The van der Waals surface area contributed by atoms with Gasteiger partial charge in [0.05, 0.1) is 6.04 Å². The van der Waals surface area contributed by atoms with Gasteiger partial charge in [0, 0.05) is 31.0 Å². The van der Waals surface area contributed by atoms with Crippen molar-refractivity contribution in [3.63, 3.8) is 0 Å². The first-order valence-corrected chi connectivity index (χ1v) is 7.76. The van der Waals surface area contributed by atoms with E-state index < -0.39 is 6.03 Å². The van der Waals surface area contributed by atoms with E-state index in [9.17, 15) is 9.59 Å². The van der Waals surface area contributed by atoms with Crippen molar-refractivity contribution in [2.24, 2.45) is 0 Å². The van der Waals surface area contributed by atoms with Crippen molar-refractivity contribution in [1.29, 1.82) is 0 Å². The summed E-state index contributed by atoms with van der Waals surface area (Å²) in [5, 5.41) is 6.09. The number of nitrogens with one attached hydrogen (secondary N) is 2. The summed E-state index contributed by atoms with van der Waals surface area (Å²) in [7, 11) is 3.28. The number of rotatable bonds is 4. The summed E-state index contributed by atoms with van der Waals surface area (Å²) in [4.78, 5) is 29.5. The average Bonchev–Trinajstić information content (AvgIpc) is 2.54. The first-order valence-electron chi connectivity index (χ1n) is 7.38. The standard InChI is InChI=1S/C17H19ClN4O2/c1-11(13-6-4-5-7-14(13)18)20-17(24)21-12-8-9-19-15(10-12)16(23)22(2)3/h4-11H,1-3H3,(H2,19,20,21,24)/t11-/m0/s1. The average molecular weight is 347 g/mol. The summed E-state index contributed by atoms with van der Waals surface area (Å²) in [6.07, 6.45) is 1.48. The number of amides is 3. The third-order valence-electron chi connectivity index (χ3n) is 3.36. The Hall–Kier alpha value is -2.60. The molecule has 24 heavy (non-hydrogen) atoms. The Morgan fingerprint density at radius 3 is 2.58 bits per heavy atom. The predicted molar refractivity (Wildman–Crippen MR) is 94.3 cm³/mol. The van der Waals surface area contributed by atoms with E-state index in [1.807, 2.05) is 25.1 Å². The Morgan fingerprint density at radius 1 is 1.21 bits per heavy atom. The number of hydrogen-bond donors (Lipinski definition) is 2. The quantitative estimate of drug-likeness (QED) is 0.891. The Balaban J connectivity index is 2.04. The van der Waals surface area contributed by atoms with Crippen molar-refractivity contribution < 1.29 is 9.59 Å². The minimum Gasteiger partial charge on any atom is -0.343 e. The van der Waals surface area contributed by atoms with E-state index in [0.29, 0.717) is 10.7 Å². The lowest BCUT2D eigenvalue weighted by atomic mass is 10.1. The molecule has 7 heteroatoms. The van der Waals surface area contributed by atoms with Crippen LogP contribution in [0, 0.1) is 0 Å². The Labute approximate surface area is 145 Å². The van der Waals surface area contributed by atoms with E-state index in [1.165, 1.54) is 17.2 Å². The van der Waals surface area contributed by atoms with Crippen molar-refractivity contribution in [3.8, 4) is 0 Å². The number of hydrogen-bond acceptors (Lipinski definition) is 3. The third-order valence-corrected chi connectivity index (χ3v) is 3.71. The number of nitrogens with zero attached hydrogens (tertiary/aromatic N) is 2. The molecule has 6 nitrogen and oxygen atoms in total. The maximum Gasteiger partial charge on any atom is 0.319 e. The second-order valence-electron chi connectivity index (χ2n) is 5.47. The number of carbonyl (C=O) groups excluding carboxylic acids is 2. The van der Waals surface area contributed by atoms with Crippen LogP contribution in [0.5, 0.6) is 0 Å². The minimum atomic E-state index is -0.392. The van der Waals surface area contributed by atoms with Crippen molar-refractivity contribution >= 4 is 29.2 Å². The van der Waals surface area contributed by atoms with Gasteiger partial charge in [-0.25, -0.2) is 4.79 Å². The third kappa shape index (κ3) is 4.45. The lowest BCUT2D eigenvalue weighted by Crippen LogP contribution is -2.31. The normalized spacial score (nSPS) is 11.5. The van der Waals surface area contributed by atoms with Gasteiger partial charge in [0.2, 0.25) is 0 Å². The van der Waals surface area contributed by atoms with Crippen LogP contribution in [0.25, 0.3) is 0 Å². The highest BCUT2D eigenvalue weighted by Crippen LogP contribution is 2.22. The number of benzene rings is 1. The summed E-state index contributed by atoms with van der Waals surface area (Å²) >= 11 is 6.13. The van der Waals surface area contributed by atoms with Crippen LogP contribution in [0.1, 0.15) is 29.0 Å². The lowest BCUT2D eigenvalue weighted by molar-refractivity contribution is 0.0822. The summed E-state index contributed by atoms with van der Waals surface area (Å²) < 4.78 is 0. The summed E-state index contributed by atoms with van der Waals surface area (Å²) in [5.74, 6) is -0.233. The minimum absolute atomic E-state index is 0.233. The Kier molecular flexibility index (Phi) is 5.76. The maximum atomic E-state index is 12.1. The van der Waals surface area contributed by atoms with Gasteiger partial charge in [0.1, 0.15) is 5.69 Å². The lowest BCUT2D eigenvalue weighted by Gasteiger charge is -2.16. The van der Waals surface area contributed by atoms with Gasteiger partial charge in [-0.3, -0.25) is 9.78 Å². The van der Waals surface area contributed by atoms with Crippen LogP contribution < -0.4 is 10.6 Å². The monoisotopic (exact) mass is 346 g/mol. The molecular formula is C17H19ClN4O2. The zero-order valence-corrected chi connectivity index (χ0v) is 14.5. The molecule has 0 spiro atoms. The molecule has 0 unspecified atom stereocenters. The van der Waals surface area contributed by atoms with E-state index >= 15 is 0 Å². The number of aromatic nitrogens is 1. The smallest absolute Gasteiger partial charge is 0.319 e. The molecular weight excluding hydrogens is 328 g/mol. The molecule has 2 N–H and O–H groups in total. The van der Waals surface area contributed by atoms with Crippen LogP contribution in [-0.2, 0) is 0 Å². The van der Waals surface area contributed by atoms with Crippen molar-refractivity contribution in [1.82, 2.24) is 15.2 Å². The van der Waals surface area contributed by atoms with Crippen LogP contribution in [0.15, 0.2) is 42.6 Å². The molecule has 1 aromatic carbocycles. The van der Waals surface area contributed by atoms with E-state index in [1.54, 1.807) is 26.2 Å². The molecule has 2 rings (SSSR count). The van der Waals surface area contributed by atoms with E-state index in [2.05, 4.69) is 15.6 Å². The van der Waals surface area contributed by atoms with Crippen LogP contribution in [0.2, 0.25) is 5.02 Å². The maximum absolute atomic E-state index is 12.1. The molecule has 1 heterocycles. The molecule has 0 aliphatic heterocycles. The summed E-state index contributed by atoms with van der Waals surface area (Å²) in [6, 6.07) is 9.81. The van der Waals surface area contributed by atoms with E-state index in [4.69, 9.17) is 11.6 Å². The SMILES string of the molecule is C[C@H](NC(=O)Nc1ccnc(C(=O)N(C)C)c1)c1ccccc1Cl. The van der Waals surface area contributed by atoms with Gasteiger partial charge < -0.3 is 15.5 Å². The molecule has 0 radical (unpaired) electrons. The van der Waals surface area contributed by atoms with Gasteiger partial charge >= 0.3 is 6.03 Å². The first-order chi connectivity index (χ1) is 11.4. The van der Waals surface area contributed by atoms with E-state index in [-0.39, 0.29) is 17.6 Å². The zero-order valence-electron chi connectivity index (χ0n) is 13.7. The summed E-state index contributed by atoms with van der Waals surface area (Å²) in [6.45, 7) is 1.84. The topological polar surface area (TPSA) is 74.3 Å². The van der Waals surface area contributed by atoms with Crippen molar-refractivity contribution in [3.05, 3.63) is 58.9 Å². The van der Waals surface area contributed by atoms with Crippen LogP contribution >= 0.6 is 11.6 Å². The second kappa shape index (κ2) is 7.79. The highest BCUT2D eigenvalue weighted by molar-refractivity contribution is 6.31. The second-order valence-corrected chi connectivity index (χ2v) is 5.88. The molecule has 3 amide bonds. The van der Waals surface area contributed by atoms with Gasteiger partial charge in [0.15, 0.2) is 0 Å². The number of halogens is 1.